The molecule has 0 radical (unpaired) electrons. The Kier molecular flexibility index (Phi) is 20.6. The highest BCUT2D eigenvalue weighted by atomic mass is 16.8. The molecule has 0 aromatic carbocycles. The number of rotatable bonds is 7. The van der Waals surface area contributed by atoms with Crippen molar-refractivity contribution in [2.24, 2.45) is 5.92 Å². The van der Waals surface area contributed by atoms with E-state index in [9.17, 15) is 107 Å². The predicted octanol–water partition coefficient (Wildman–Crippen LogP) is -14.4. The maximum atomic E-state index is 13.7. The molecule has 14 aliphatic heterocycles. The SMILES string of the molecule is O=C1C2OC3[C@@H](CO)CC(OC4[C@H](O)C(O)C(OC5[C@H](O)C(O)C(OC6[C@H](O)C(O)C(OC7[C@H](O)C(O)C(OC8[C@H](O)C(O)C(OC(C1O)[C@@H](CO)O2)O[C@@H]8CO)O[C@@H]7CO)O[C@@H]6CO)O[C@@H]5CO)O[C@@H]4CO)C(O)[C@H]3O. The summed E-state index contributed by atoms with van der Waals surface area (Å²) in [5, 5.41) is 219. The van der Waals surface area contributed by atoms with Gasteiger partial charge in [-0.05, 0) is 6.42 Å². The van der Waals surface area contributed by atoms with Crippen LogP contribution in [0.1, 0.15) is 6.42 Å². The fourth-order valence-corrected chi connectivity index (χ4v) is 10.8. The lowest BCUT2D eigenvalue weighted by Crippen LogP contribution is -2.68. The summed E-state index contributed by atoms with van der Waals surface area (Å²) in [5.41, 5.74) is 0. The van der Waals surface area contributed by atoms with Crippen molar-refractivity contribution in [2.45, 2.75) is 209 Å². The lowest BCUT2D eigenvalue weighted by molar-refractivity contribution is -0.395. The van der Waals surface area contributed by atoms with Gasteiger partial charge in [0.05, 0.1) is 51.8 Å². The first-order valence-electron chi connectivity index (χ1n) is 24.8. The summed E-state index contributed by atoms with van der Waals surface area (Å²) in [6.07, 6.45) is -65.9. The molecule has 20 N–H and O–H groups in total. The fourth-order valence-electron chi connectivity index (χ4n) is 10.8. The number of aliphatic hydroxyl groups excluding tert-OH is 20. The van der Waals surface area contributed by atoms with Gasteiger partial charge in [0.25, 0.3) is 0 Å². The Morgan fingerprint density at radius 2 is 0.558 bits per heavy atom. The van der Waals surface area contributed by atoms with Crippen LogP contribution in [0.5, 0.6) is 0 Å². The summed E-state index contributed by atoms with van der Waals surface area (Å²) < 4.78 is 74.0. The Labute approximate surface area is 435 Å². The molecule has 0 aromatic heterocycles. The molecule has 15 rings (SSSR count). The van der Waals surface area contributed by atoms with Crippen molar-refractivity contribution < 1.29 is 169 Å². The minimum absolute atomic E-state index is 0.457. The van der Waals surface area contributed by atoms with Crippen molar-refractivity contribution in [3.8, 4) is 0 Å². The van der Waals surface area contributed by atoms with Crippen molar-refractivity contribution in [1.82, 2.24) is 0 Å². The zero-order valence-corrected chi connectivity index (χ0v) is 40.4. The number of hydrogen-bond acceptors (Lipinski definition) is 34. The van der Waals surface area contributed by atoms with Crippen LogP contribution < -0.4 is 0 Å². The Hall–Kier alpha value is -1.65. The van der Waals surface area contributed by atoms with Crippen LogP contribution in [0.3, 0.4) is 0 Å². The average Bonchev–Trinajstić information content (AvgIpc) is 3.44. The van der Waals surface area contributed by atoms with Crippen LogP contribution in [0.25, 0.3) is 0 Å². The second kappa shape index (κ2) is 25.9. The van der Waals surface area contributed by atoms with E-state index in [1.807, 2.05) is 0 Å². The first-order valence-corrected chi connectivity index (χ1v) is 24.8. The molecule has 77 heavy (non-hydrogen) atoms. The van der Waals surface area contributed by atoms with E-state index >= 15 is 0 Å². The summed E-state index contributed by atoms with van der Waals surface area (Å²) in [5.74, 6) is -2.61. The molecule has 34 nitrogen and oxygen atoms in total. The van der Waals surface area contributed by atoms with E-state index in [1.54, 1.807) is 0 Å². The largest absolute Gasteiger partial charge is 0.396 e. The van der Waals surface area contributed by atoms with Gasteiger partial charge in [0, 0.05) is 12.5 Å². The molecule has 446 valence electrons. The third-order valence-electron chi connectivity index (χ3n) is 15.2. The molecule has 34 atom stereocenters. The number of Topliss-reactive ketones (excluding diaryl/α,β-unsaturated/α-hetero) is 1. The second-order valence-corrected chi connectivity index (χ2v) is 20.0. The van der Waals surface area contributed by atoms with Crippen molar-refractivity contribution in [3.63, 3.8) is 0 Å². The number of ether oxygens (including phenoxy) is 13. The maximum absolute atomic E-state index is 13.7. The van der Waals surface area contributed by atoms with Gasteiger partial charge < -0.3 is 164 Å². The van der Waals surface area contributed by atoms with E-state index in [2.05, 4.69) is 0 Å². The van der Waals surface area contributed by atoms with E-state index in [1.165, 1.54) is 0 Å². The molecular weight excluding hydrogens is 1060 g/mol. The molecular formula is C43H70O34. The number of ketones is 1. The van der Waals surface area contributed by atoms with E-state index in [-0.39, 0.29) is 0 Å². The Balaban J connectivity index is 1.08. The van der Waals surface area contributed by atoms with E-state index < -0.39 is 267 Å². The number of hydrogen-bond donors (Lipinski definition) is 20. The van der Waals surface area contributed by atoms with Crippen LogP contribution >= 0.6 is 0 Å². The summed E-state index contributed by atoms with van der Waals surface area (Å²) in [7, 11) is 0. The number of fused-ring (bicyclic) bond motifs is 7. The maximum Gasteiger partial charge on any atom is 0.221 e. The molecule has 14 saturated heterocycles. The Morgan fingerprint density at radius 1 is 0.286 bits per heavy atom. The predicted molar refractivity (Wildman–Crippen MR) is 231 cm³/mol. The van der Waals surface area contributed by atoms with Gasteiger partial charge >= 0.3 is 0 Å². The van der Waals surface area contributed by atoms with Crippen LogP contribution in [-0.2, 0) is 66.4 Å². The van der Waals surface area contributed by atoms with Crippen molar-refractivity contribution in [2.75, 3.05) is 46.2 Å². The minimum Gasteiger partial charge on any atom is -0.396 e. The van der Waals surface area contributed by atoms with Crippen LogP contribution in [0.4, 0.5) is 0 Å². The summed E-state index contributed by atoms with van der Waals surface area (Å²) in [6.45, 7) is -7.09. The highest BCUT2D eigenvalue weighted by Gasteiger charge is 2.59. The highest BCUT2D eigenvalue weighted by molar-refractivity contribution is 5.87. The van der Waals surface area contributed by atoms with Gasteiger partial charge in [0.1, 0.15) is 153 Å². The van der Waals surface area contributed by atoms with E-state index in [4.69, 9.17) is 61.6 Å². The number of carbonyl (C=O) groups excluding carboxylic acids is 1. The molecule has 0 aromatic rings. The summed E-state index contributed by atoms with van der Waals surface area (Å²) in [6, 6.07) is 0. The normalized spacial score (nSPS) is 54.4. The smallest absolute Gasteiger partial charge is 0.221 e. The molecule has 34 heteroatoms. The highest BCUT2D eigenvalue weighted by Crippen LogP contribution is 2.39. The van der Waals surface area contributed by atoms with Gasteiger partial charge in [-0.2, -0.15) is 0 Å². The van der Waals surface area contributed by atoms with Gasteiger partial charge in [-0.25, -0.2) is 0 Å². The topological polar surface area (TPSA) is 542 Å². The average molecular weight is 1130 g/mol. The van der Waals surface area contributed by atoms with Gasteiger partial charge in [-0.15, -0.1) is 0 Å². The quantitative estimate of drug-likeness (QED) is 0.113. The molecule has 0 spiro atoms. The molecule has 15 aliphatic rings. The third kappa shape index (κ3) is 12.0. The van der Waals surface area contributed by atoms with Gasteiger partial charge in [-0.3, -0.25) is 4.79 Å². The number of carbonyl (C=O) groups is 1. The molecule has 15 fully saturated rings. The third-order valence-corrected chi connectivity index (χ3v) is 15.2. The van der Waals surface area contributed by atoms with Crippen LogP contribution in [0.2, 0.25) is 0 Å². The van der Waals surface area contributed by atoms with Crippen molar-refractivity contribution in [3.05, 3.63) is 0 Å². The number of aliphatic hydroxyl groups is 20. The van der Waals surface area contributed by atoms with Crippen LogP contribution in [0, 0.1) is 5.92 Å². The van der Waals surface area contributed by atoms with Crippen molar-refractivity contribution in [1.29, 1.82) is 0 Å². The van der Waals surface area contributed by atoms with Gasteiger partial charge in [-0.1, -0.05) is 0 Å². The zero-order valence-electron chi connectivity index (χ0n) is 40.4. The van der Waals surface area contributed by atoms with Crippen LogP contribution in [-0.4, -0.2) is 357 Å². The molecule has 21 unspecified atom stereocenters. The lowest BCUT2D eigenvalue weighted by Gasteiger charge is -2.50. The first-order chi connectivity index (χ1) is 36.7. The standard InChI is InChI=1S/C43H70O34/c44-2-9-1-10-17(51)18(52)31(9)72-38-26(60)20(54)33(12(4-46)67-38)74-40-28(62)22(56)35(14(6-48)69-40)76-42-30(64)24(58)37(16(8-50)71-42)77-43-29(63)23(57)36(15(7-49)70-43)75-41-27(61)21(55)34(13(5-47)68-41)73-39-25(59)19(53)32(65-10)11(3-45)66-39/h9-25,27-59,61-64H,1-8H2/t9-,10?,11-,12-,13-,14-,15-,16-,17?,18-,19-,20?,21-,22-,23-,24-,25?,27?,28?,29?,30?,31?,32?,33?,34?,35?,36?,37?,38?,39?,40?,41?,42?,43?/m1/s1. The van der Waals surface area contributed by atoms with Crippen LogP contribution in [0.15, 0.2) is 0 Å². The van der Waals surface area contributed by atoms with Gasteiger partial charge in [0.2, 0.25) is 12.1 Å². The minimum atomic E-state index is -2.32. The van der Waals surface area contributed by atoms with Gasteiger partial charge in [0.15, 0.2) is 31.5 Å². The molecule has 1 aliphatic carbocycles. The summed E-state index contributed by atoms with van der Waals surface area (Å²) in [4.78, 5) is 13.7. The van der Waals surface area contributed by atoms with E-state index in [0.29, 0.717) is 0 Å². The Morgan fingerprint density at radius 3 is 0.857 bits per heavy atom. The molecule has 0 amide bonds. The first kappa shape index (κ1) is 61.4. The monoisotopic (exact) mass is 1130 g/mol. The molecule has 14 heterocycles. The van der Waals surface area contributed by atoms with E-state index in [0.717, 1.165) is 0 Å². The fraction of sp³-hybridized carbons (Fsp3) is 0.977. The second-order valence-electron chi connectivity index (χ2n) is 20.0. The zero-order chi connectivity index (χ0) is 56.1. The lowest BCUT2D eigenvalue weighted by atomic mass is 9.80. The summed E-state index contributed by atoms with van der Waals surface area (Å²) >= 11 is 0. The molecule has 14 bridgehead atoms. The Bertz CT molecular complexity index is 1870. The van der Waals surface area contributed by atoms with Crippen molar-refractivity contribution >= 4 is 5.78 Å². The molecule has 1 saturated carbocycles.